The molecule has 1 saturated heterocycles. The number of rotatable bonds is 4. The largest absolute Gasteiger partial charge is 1.00 e. The van der Waals surface area contributed by atoms with Crippen molar-refractivity contribution in [2.24, 2.45) is 5.41 Å². The third-order valence-electron chi connectivity index (χ3n) is 7.25. The van der Waals surface area contributed by atoms with E-state index in [1.165, 1.54) is 18.9 Å². The number of hydrogen-bond acceptors (Lipinski definition) is 0. The zero-order chi connectivity index (χ0) is 17.0. The van der Waals surface area contributed by atoms with Crippen LogP contribution in [0.2, 0.25) is 18.1 Å². The van der Waals surface area contributed by atoms with Crippen LogP contribution >= 0.6 is 0 Å². The minimum atomic E-state index is -1.04. The van der Waals surface area contributed by atoms with E-state index in [2.05, 4.69) is 54.5 Å². The van der Waals surface area contributed by atoms with Crippen molar-refractivity contribution < 1.29 is 44.0 Å². The van der Waals surface area contributed by atoms with Crippen LogP contribution in [0, 0.1) is 5.41 Å². The molecule has 1 fully saturated rings. The minimum Gasteiger partial charge on any atom is -1.00 e. The summed E-state index contributed by atoms with van der Waals surface area (Å²) in [4.78, 5) is 0. The molecule has 0 nitrogen and oxygen atoms in total. The van der Waals surface area contributed by atoms with Crippen molar-refractivity contribution >= 4 is 8.07 Å². The van der Waals surface area contributed by atoms with Crippen molar-refractivity contribution in [1.82, 2.24) is 0 Å². The van der Waals surface area contributed by atoms with Gasteiger partial charge in [-0.25, -0.2) is 0 Å². The van der Waals surface area contributed by atoms with Gasteiger partial charge in [0.25, 0.3) is 0 Å². The van der Waals surface area contributed by atoms with E-state index in [-0.39, 0.29) is 44.0 Å². The van der Waals surface area contributed by atoms with Gasteiger partial charge in [0.2, 0.25) is 0 Å². The van der Waals surface area contributed by atoms with Crippen molar-refractivity contribution in [2.75, 3.05) is 0 Å². The number of hydrogen-bond donors (Lipinski definition) is 0. The zero-order valence-corrected chi connectivity index (χ0v) is 20.9. The quantitative estimate of drug-likeness (QED) is 0.577. The van der Waals surface area contributed by atoms with Gasteiger partial charge in [0, 0.05) is 0 Å². The molecule has 0 spiro atoms. The summed E-state index contributed by atoms with van der Waals surface area (Å²) in [5.41, 5.74) is 6.75. The van der Waals surface area contributed by atoms with Gasteiger partial charge in [0.15, 0.2) is 0 Å². The molecule has 0 N–H and O–H groups in total. The van der Waals surface area contributed by atoms with Gasteiger partial charge in [-0.05, 0) is 0 Å². The molecule has 3 rings (SSSR count). The average molecular weight is 431 g/mol. The van der Waals surface area contributed by atoms with Gasteiger partial charge in [-0.2, -0.15) is 0 Å². The maximum atomic E-state index is 2.56. The van der Waals surface area contributed by atoms with Gasteiger partial charge in [-0.15, -0.1) is 0 Å². The average Bonchev–Trinajstić information content (AvgIpc) is 2.88. The molecule has 0 amide bonds. The molecule has 0 aromatic carbocycles. The molecule has 0 bridgehead atoms. The van der Waals surface area contributed by atoms with Crippen LogP contribution in [0.15, 0.2) is 41.3 Å². The molecule has 2 aliphatic carbocycles. The molecule has 4 heteroatoms. The minimum absolute atomic E-state index is 0. The fraction of sp³-hybridized carbons (Fsp3) is 0.619. The molecule has 0 aromatic heterocycles. The Morgan fingerprint density at radius 1 is 1.04 bits per heavy atom. The molecule has 0 unspecified atom stereocenters. The smallest absolute Gasteiger partial charge is 1.00 e. The monoisotopic (exact) mass is 430 g/mol. The third kappa shape index (κ3) is 3.61. The predicted octanol–water partition coefficient (Wildman–Crippen LogP) is 0.743. The normalized spacial score (nSPS) is 23.7. The zero-order valence-electron chi connectivity index (χ0n) is 16.9. The first-order chi connectivity index (χ1) is 10.7. The molecule has 25 heavy (non-hydrogen) atoms. The number of allylic oxidation sites excluding steroid dienone is 8. The Labute approximate surface area is 177 Å². The van der Waals surface area contributed by atoms with Gasteiger partial charge in [0.05, 0.1) is 0 Å². The van der Waals surface area contributed by atoms with Gasteiger partial charge in [-0.3, -0.25) is 0 Å². The topological polar surface area (TPSA) is 0 Å². The third-order valence-corrected chi connectivity index (χ3v) is 16.8. The second-order valence-electron chi connectivity index (χ2n) is 8.43. The van der Waals surface area contributed by atoms with Crippen LogP contribution in [-0.2, 0) is 19.2 Å². The summed E-state index contributed by atoms with van der Waals surface area (Å²) >= 11 is -0.173. The SMILES string of the molecule is CC[Si]1(C2=[C]([Ti+2][C]3=C(C)C(C)=C(C)C3(C)C)C(C)=CC2)CCC1.[Cl-].[Cl-]. The second kappa shape index (κ2) is 8.23. The molecule has 3 aliphatic rings. The van der Waals surface area contributed by atoms with Crippen molar-refractivity contribution in [1.29, 1.82) is 0 Å². The summed E-state index contributed by atoms with van der Waals surface area (Å²) in [5, 5.41) is 1.99. The van der Waals surface area contributed by atoms with Gasteiger partial charge >= 0.3 is 153 Å². The maximum absolute atomic E-state index is 2.56. The Hall–Kier alpha value is 0.471. The van der Waals surface area contributed by atoms with Gasteiger partial charge < -0.3 is 24.8 Å². The van der Waals surface area contributed by atoms with Gasteiger partial charge in [0.1, 0.15) is 0 Å². The summed E-state index contributed by atoms with van der Waals surface area (Å²) in [6.07, 6.45) is 5.37. The Kier molecular flexibility index (Phi) is 7.74. The fourth-order valence-corrected chi connectivity index (χ4v) is 13.1. The second-order valence-corrected chi connectivity index (χ2v) is 15.3. The Bertz CT molecular complexity index is 670. The van der Waals surface area contributed by atoms with E-state index in [1.54, 1.807) is 34.4 Å². The summed E-state index contributed by atoms with van der Waals surface area (Å²) in [7, 11) is -1.04. The fourth-order valence-electron chi connectivity index (χ4n) is 4.79. The van der Waals surface area contributed by atoms with E-state index in [0.29, 0.717) is 5.41 Å². The summed E-state index contributed by atoms with van der Waals surface area (Å²) in [6, 6.07) is 4.64. The summed E-state index contributed by atoms with van der Waals surface area (Å²) in [6.45, 7) is 16.9. The van der Waals surface area contributed by atoms with E-state index in [0.717, 1.165) is 0 Å². The van der Waals surface area contributed by atoms with Crippen LogP contribution in [0.4, 0.5) is 0 Å². The molecule has 0 radical (unpaired) electrons. The van der Waals surface area contributed by atoms with Crippen LogP contribution in [0.5, 0.6) is 0 Å². The van der Waals surface area contributed by atoms with Crippen molar-refractivity contribution in [3.63, 3.8) is 0 Å². The van der Waals surface area contributed by atoms with Crippen molar-refractivity contribution in [3.05, 3.63) is 41.3 Å². The maximum Gasteiger partial charge on any atom is -1.00 e. The standard InChI is InChI=1S/C11H17Si.C10H15.2ClH.Ti/c1-3-12(7-4-8-12)11-6-5-10(2)9-11;1-7-6-10(4,5)9(3)8(7)2;;;/h5H,3-4,6-8H2,1-2H3;1-5H3;2*1H;/q;;;;+2/p-2. The van der Waals surface area contributed by atoms with Crippen molar-refractivity contribution in [2.45, 2.75) is 79.4 Å². The predicted molar refractivity (Wildman–Crippen MR) is 101 cm³/mol. The Balaban J connectivity index is 0.00000156. The molecule has 0 atom stereocenters. The molecule has 138 valence electrons. The van der Waals surface area contributed by atoms with E-state index in [4.69, 9.17) is 0 Å². The van der Waals surface area contributed by atoms with Crippen LogP contribution in [0.3, 0.4) is 0 Å². The summed E-state index contributed by atoms with van der Waals surface area (Å²) < 4.78 is 3.69. The Morgan fingerprint density at radius 3 is 2.04 bits per heavy atom. The molecular formula is C21H32Cl2SiTi. The van der Waals surface area contributed by atoms with Crippen LogP contribution < -0.4 is 24.8 Å². The van der Waals surface area contributed by atoms with E-state index >= 15 is 0 Å². The van der Waals surface area contributed by atoms with Crippen molar-refractivity contribution in [3.8, 4) is 0 Å². The van der Waals surface area contributed by atoms with Gasteiger partial charge in [-0.1, -0.05) is 0 Å². The summed E-state index contributed by atoms with van der Waals surface area (Å²) in [5.74, 6) is 0. The van der Waals surface area contributed by atoms with E-state index in [9.17, 15) is 0 Å². The van der Waals surface area contributed by atoms with Crippen LogP contribution in [-0.4, -0.2) is 8.07 Å². The first-order valence-corrected chi connectivity index (χ1v) is 13.5. The number of halogens is 2. The van der Waals surface area contributed by atoms with Crippen LogP contribution in [0.25, 0.3) is 0 Å². The van der Waals surface area contributed by atoms with E-state index < -0.39 is 8.07 Å². The molecule has 1 aliphatic heterocycles. The van der Waals surface area contributed by atoms with Crippen LogP contribution in [0.1, 0.15) is 61.3 Å². The first kappa shape index (κ1) is 23.5. The molecular weight excluding hydrogens is 399 g/mol. The molecule has 0 saturated carbocycles. The first-order valence-electron chi connectivity index (χ1n) is 9.32. The Morgan fingerprint density at radius 2 is 1.64 bits per heavy atom. The molecule has 0 aromatic rings. The van der Waals surface area contributed by atoms with E-state index in [1.807, 2.05) is 13.0 Å². The molecule has 1 heterocycles.